The molecular weight excluding hydrogens is 641 g/mol. The molecule has 1 N–H and O–H groups in total. The maximum Gasteiger partial charge on any atom is 0.472 e. The standard InChI is InChI=1S/C39H70NO8P/c1-6-8-10-12-14-16-18-19-20-21-22-24-26-28-30-32-39(42)48-37(36-47-49(43,44)46-34-33-40(3,4)5)35-45-38(41)31-29-27-25-23-17-15-13-11-9-7-2/h8,10,14,16,19-20,22,24,37H,6-7,9,11-13,15,17-18,21,23,25-36H2,1-5H3/p+1/b10-8-,16-14-,20-19-,24-22-. The van der Waals surface area contributed by atoms with Crippen LogP contribution in [0.5, 0.6) is 0 Å². The Morgan fingerprint density at radius 2 is 1.16 bits per heavy atom. The van der Waals surface area contributed by atoms with Gasteiger partial charge >= 0.3 is 19.8 Å². The molecule has 0 spiro atoms. The number of hydrogen-bond acceptors (Lipinski definition) is 7. The van der Waals surface area contributed by atoms with E-state index in [-0.39, 0.29) is 32.0 Å². The first kappa shape index (κ1) is 47.0. The van der Waals surface area contributed by atoms with E-state index < -0.39 is 26.5 Å². The predicted molar refractivity (Wildman–Crippen MR) is 201 cm³/mol. The third-order valence-electron chi connectivity index (χ3n) is 7.62. The zero-order valence-electron chi connectivity index (χ0n) is 31.7. The second-order valence-electron chi connectivity index (χ2n) is 13.6. The summed E-state index contributed by atoms with van der Waals surface area (Å²) in [5.74, 6) is -0.854. The largest absolute Gasteiger partial charge is 0.472 e. The molecular formula is C39H71NO8P+. The molecule has 2 unspecified atom stereocenters. The van der Waals surface area contributed by atoms with Crippen molar-refractivity contribution in [3.05, 3.63) is 48.6 Å². The molecule has 0 aliphatic rings. The summed E-state index contributed by atoms with van der Waals surface area (Å²) in [6.45, 7) is 4.21. The molecule has 0 aliphatic carbocycles. The molecule has 0 saturated heterocycles. The number of hydrogen-bond donors (Lipinski definition) is 1. The van der Waals surface area contributed by atoms with Crippen molar-refractivity contribution in [3.8, 4) is 0 Å². The summed E-state index contributed by atoms with van der Waals surface area (Å²) in [5, 5.41) is 0. The molecule has 0 bridgehead atoms. The fourth-order valence-electron chi connectivity index (χ4n) is 4.65. The fourth-order valence-corrected chi connectivity index (χ4v) is 5.39. The van der Waals surface area contributed by atoms with Gasteiger partial charge in [0.1, 0.15) is 19.8 Å². The van der Waals surface area contributed by atoms with Gasteiger partial charge in [0.2, 0.25) is 0 Å². The number of rotatable bonds is 33. The van der Waals surface area contributed by atoms with E-state index in [4.69, 9.17) is 18.5 Å². The normalized spacial score (nSPS) is 14.3. The minimum Gasteiger partial charge on any atom is -0.462 e. The number of quaternary nitrogens is 1. The fraction of sp³-hybridized carbons (Fsp3) is 0.744. The molecule has 0 heterocycles. The summed E-state index contributed by atoms with van der Waals surface area (Å²) in [7, 11) is 1.44. The van der Waals surface area contributed by atoms with Crippen molar-refractivity contribution in [1.29, 1.82) is 0 Å². The summed E-state index contributed by atoms with van der Waals surface area (Å²) in [6.07, 6.45) is 34.5. The molecule has 2 atom stereocenters. The molecule has 0 saturated carbocycles. The molecule has 0 aromatic carbocycles. The zero-order valence-corrected chi connectivity index (χ0v) is 32.6. The lowest BCUT2D eigenvalue weighted by Crippen LogP contribution is -2.37. The van der Waals surface area contributed by atoms with Gasteiger partial charge < -0.3 is 18.9 Å². The quantitative estimate of drug-likeness (QED) is 0.0236. The van der Waals surface area contributed by atoms with E-state index in [2.05, 4.69) is 62.5 Å². The Kier molecular flexibility index (Phi) is 30.6. The number of carbonyl (C=O) groups is 2. The van der Waals surface area contributed by atoms with E-state index in [0.717, 1.165) is 57.8 Å². The maximum atomic E-state index is 12.6. The number of carbonyl (C=O) groups excluding carboxylic acids is 2. The van der Waals surface area contributed by atoms with Gasteiger partial charge in [0, 0.05) is 12.8 Å². The molecule has 284 valence electrons. The maximum absolute atomic E-state index is 12.6. The lowest BCUT2D eigenvalue weighted by Gasteiger charge is -2.24. The Morgan fingerprint density at radius 3 is 1.73 bits per heavy atom. The SMILES string of the molecule is CC/C=C\C/C=C\C/C=C\C/C=C\CCCCC(=O)OC(COC(=O)CCCCCCCCCCCC)COP(=O)(O)OCC[N+](C)(C)C. The lowest BCUT2D eigenvalue weighted by molar-refractivity contribution is -0.870. The minimum absolute atomic E-state index is 0.0227. The second kappa shape index (κ2) is 31.9. The van der Waals surface area contributed by atoms with Gasteiger partial charge in [-0.25, -0.2) is 4.57 Å². The van der Waals surface area contributed by atoms with Gasteiger partial charge in [-0.3, -0.25) is 18.6 Å². The summed E-state index contributed by atoms with van der Waals surface area (Å²) >= 11 is 0. The van der Waals surface area contributed by atoms with E-state index in [1.165, 1.54) is 44.9 Å². The van der Waals surface area contributed by atoms with Crippen LogP contribution in [0.15, 0.2) is 48.6 Å². The van der Waals surface area contributed by atoms with E-state index in [9.17, 15) is 19.0 Å². The molecule has 0 aliphatic heterocycles. The van der Waals surface area contributed by atoms with Crippen molar-refractivity contribution in [2.24, 2.45) is 0 Å². The molecule has 0 fully saturated rings. The number of esters is 2. The van der Waals surface area contributed by atoms with Gasteiger partial charge in [-0.1, -0.05) is 120 Å². The van der Waals surface area contributed by atoms with Gasteiger partial charge in [0.05, 0.1) is 27.7 Å². The van der Waals surface area contributed by atoms with Gasteiger partial charge in [-0.15, -0.1) is 0 Å². The van der Waals surface area contributed by atoms with E-state index in [1.54, 1.807) is 0 Å². The molecule has 0 amide bonds. The highest BCUT2D eigenvalue weighted by Crippen LogP contribution is 2.43. The van der Waals surface area contributed by atoms with Crippen LogP contribution in [-0.2, 0) is 32.7 Å². The number of unbranched alkanes of at least 4 members (excludes halogenated alkanes) is 11. The van der Waals surface area contributed by atoms with Crippen molar-refractivity contribution >= 4 is 19.8 Å². The van der Waals surface area contributed by atoms with Crippen LogP contribution in [0.3, 0.4) is 0 Å². The first-order valence-corrected chi connectivity index (χ1v) is 20.4. The Bertz CT molecular complexity index is 986. The number of allylic oxidation sites excluding steroid dienone is 8. The number of likely N-dealkylation sites (N-methyl/N-ethyl adjacent to an activating group) is 1. The molecule has 0 radical (unpaired) electrons. The van der Waals surface area contributed by atoms with Crippen LogP contribution >= 0.6 is 7.82 Å². The third-order valence-corrected chi connectivity index (χ3v) is 8.61. The van der Waals surface area contributed by atoms with Crippen LogP contribution in [-0.4, -0.2) is 74.9 Å². The molecule has 49 heavy (non-hydrogen) atoms. The second-order valence-corrected chi connectivity index (χ2v) is 15.0. The Hall–Kier alpha value is -2.03. The Labute approximate surface area is 299 Å². The number of nitrogens with zero attached hydrogens (tertiary/aromatic N) is 1. The van der Waals surface area contributed by atoms with Crippen LogP contribution in [0.25, 0.3) is 0 Å². The van der Waals surface area contributed by atoms with E-state index in [1.807, 2.05) is 21.1 Å². The molecule has 0 rings (SSSR count). The van der Waals surface area contributed by atoms with Gasteiger partial charge in [0.15, 0.2) is 6.10 Å². The number of ether oxygens (including phenoxy) is 2. The zero-order chi connectivity index (χ0) is 36.5. The number of phosphoric acid groups is 1. The summed E-state index contributed by atoms with van der Waals surface area (Å²) < 4.78 is 34.1. The van der Waals surface area contributed by atoms with Crippen LogP contribution in [0.2, 0.25) is 0 Å². The molecule has 0 aromatic heterocycles. The van der Waals surface area contributed by atoms with Gasteiger partial charge in [-0.2, -0.15) is 0 Å². The Balaban J connectivity index is 4.54. The van der Waals surface area contributed by atoms with Gasteiger partial charge in [-0.05, 0) is 51.4 Å². The third kappa shape index (κ3) is 35.6. The van der Waals surface area contributed by atoms with E-state index in [0.29, 0.717) is 17.4 Å². The summed E-state index contributed by atoms with van der Waals surface area (Å²) in [6, 6.07) is 0. The van der Waals surface area contributed by atoms with Gasteiger partial charge in [0.25, 0.3) is 0 Å². The smallest absolute Gasteiger partial charge is 0.462 e. The number of phosphoric ester groups is 1. The first-order chi connectivity index (χ1) is 23.5. The lowest BCUT2D eigenvalue weighted by atomic mass is 10.1. The van der Waals surface area contributed by atoms with Crippen LogP contribution in [0.1, 0.15) is 136 Å². The van der Waals surface area contributed by atoms with Crippen LogP contribution in [0, 0.1) is 0 Å². The van der Waals surface area contributed by atoms with Crippen LogP contribution in [0.4, 0.5) is 0 Å². The highest BCUT2D eigenvalue weighted by Gasteiger charge is 2.27. The molecule has 10 heteroatoms. The van der Waals surface area contributed by atoms with E-state index >= 15 is 0 Å². The van der Waals surface area contributed by atoms with Crippen molar-refractivity contribution in [3.63, 3.8) is 0 Å². The highest BCUT2D eigenvalue weighted by molar-refractivity contribution is 7.47. The average Bonchev–Trinajstić information content (AvgIpc) is 3.04. The van der Waals surface area contributed by atoms with Crippen molar-refractivity contribution < 1.29 is 42.1 Å². The predicted octanol–water partition coefficient (Wildman–Crippen LogP) is 9.96. The van der Waals surface area contributed by atoms with Crippen LogP contribution < -0.4 is 0 Å². The van der Waals surface area contributed by atoms with Crippen molar-refractivity contribution in [1.82, 2.24) is 0 Å². The summed E-state index contributed by atoms with van der Waals surface area (Å²) in [5.41, 5.74) is 0. The monoisotopic (exact) mass is 712 g/mol. The van der Waals surface area contributed by atoms with Crippen molar-refractivity contribution in [2.45, 2.75) is 142 Å². The molecule has 9 nitrogen and oxygen atoms in total. The Morgan fingerprint density at radius 1 is 0.653 bits per heavy atom. The first-order valence-electron chi connectivity index (χ1n) is 18.9. The topological polar surface area (TPSA) is 108 Å². The summed E-state index contributed by atoms with van der Waals surface area (Å²) in [4.78, 5) is 35.1. The highest BCUT2D eigenvalue weighted by atomic mass is 31.2. The van der Waals surface area contributed by atoms with Crippen molar-refractivity contribution in [2.75, 3.05) is 47.5 Å². The average molecular weight is 713 g/mol. The minimum atomic E-state index is -4.38. The molecule has 0 aromatic rings.